The number of nitrogens with two attached hydrogens (primary N) is 1. The zero-order valence-electron chi connectivity index (χ0n) is 11.0. The van der Waals surface area contributed by atoms with Crippen molar-refractivity contribution in [3.8, 4) is 11.5 Å². The molecule has 0 radical (unpaired) electrons. The van der Waals surface area contributed by atoms with Crippen molar-refractivity contribution in [2.24, 2.45) is 5.73 Å². The second-order valence-corrected chi connectivity index (χ2v) is 4.61. The summed E-state index contributed by atoms with van der Waals surface area (Å²) in [6, 6.07) is 3.22. The topological polar surface area (TPSA) is 81.8 Å². The highest BCUT2D eigenvalue weighted by atomic mass is 16.5. The first-order chi connectivity index (χ1) is 9.11. The summed E-state index contributed by atoms with van der Waals surface area (Å²) < 4.78 is 11.2. The summed E-state index contributed by atoms with van der Waals surface area (Å²) in [5.41, 5.74) is 7.81. The molecule has 1 atom stereocenters. The van der Waals surface area contributed by atoms with Crippen molar-refractivity contribution in [1.29, 1.82) is 0 Å². The molecule has 1 aliphatic rings. The number of hydrogen-bond donors (Lipinski definition) is 2. The van der Waals surface area contributed by atoms with Crippen LogP contribution >= 0.6 is 0 Å². The first-order valence-electron chi connectivity index (χ1n) is 6.51. The maximum absolute atomic E-state index is 10.8. The molecule has 1 aromatic rings. The van der Waals surface area contributed by atoms with E-state index in [2.05, 4.69) is 0 Å². The van der Waals surface area contributed by atoms with Gasteiger partial charge in [0.25, 0.3) is 0 Å². The number of aliphatic carboxylic acids is 1. The molecule has 0 saturated heterocycles. The summed E-state index contributed by atoms with van der Waals surface area (Å²) in [6.07, 6.45) is 1.53. The predicted octanol–water partition coefficient (Wildman–Crippen LogP) is 1.88. The SMILES string of the molecule is CCc1cc2c(cc1C(N)CC(=O)O)OCCCO2. The Labute approximate surface area is 112 Å². The zero-order chi connectivity index (χ0) is 13.8. The van der Waals surface area contributed by atoms with E-state index in [1.807, 2.05) is 19.1 Å². The molecule has 1 aliphatic heterocycles. The molecule has 1 unspecified atom stereocenters. The third-order valence-electron chi connectivity index (χ3n) is 3.18. The first-order valence-corrected chi connectivity index (χ1v) is 6.51. The van der Waals surface area contributed by atoms with E-state index in [0.717, 1.165) is 29.7 Å². The normalized spacial score (nSPS) is 15.7. The van der Waals surface area contributed by atoms with Crippen LogP contribution in [0.3, 0.4) is 0 Å². The quantitative estimate of drug-likeness (QED) is 0.868. The second kappa shape index (κ2) is 5.93. The van der Waals surface area contributed by atoms with Crippen LogP contribution in [0.25, 0.3) is 0 Å². The van der Waals surface area contributed by atoms with E-state index >= 15 is 0 Å². The molecule has 3 N–H and O–H groups in total. The van der Waals surface area contributed by atoms with E-state index in [9.17, 15) is 4.79 Å². The minimum Gasteiger partial charge on any atom is -0.490 e. The van der Waals surface area contributed by atoms with Crippen molar-refractivity contribution in [3.05, 3.63) is 23.3 Å². The van der Waals surface area contributed by atoms with Crippen LogP contribution in [-0.4, -0.2) is 24.3 Å². The van der Waals surface area contributed by atoms with Gasteiger partial charge in [0.15, 0.2) is 11.5 Å². The Morgan fingerprint density at radius 3 is 2.58 bits per heavy atom. The van der Waals surface area contributed by atoms with Crippen LogP contribution in [0.4, 0.5) is 0 Å². The Bertz CT molecular complexity index is 473. The van der Waals surface area contributed by atoms with E-state index < -0.39 is 12.0 Å². The summed E-state index contributed by atoms with van der Waals surface area (Å²) in [5.74, 6) is 0.479. The third kappa shape index (κ3) is 3.17. The van der Waals surface area contributed by atoms with E-state index in [4.69, 9.17) is 20.3 Å². The summed E-state index contributed by atoms with van der Waals surface area (Å²) in [4.78, 5) is 10.8. The van der Waals surface area contributed by atoms with Gasteiger partial charge in [-0.05, 0) is 29.7 Å². The van der Waals surface area contributed by atoms with Crippen molar-refractivity contribution >= 4 is 5.97 Å². The molecule has 5 heteroatoms. The number of benzene rings is 1. The van der Waals surface area contributed by atoms with Crippen LogP contribution in [0.1, 0.15) is 36.9 Å². The van der Waals surface area contributed by atoms with Gasteiger partial charge in [0.2, 0.25) is 0 Å². The van der Waals surface area contributed by atoms with Gasteiger partial charge in [0.05, 0.1) is 19.6 Å². The van der Waals surface area contributed by atoms with Crippen molar-refractivity contribution < 1.29 is 19.4 Å². The Hall–Kier alpha value is -1.75. The van der Waals surface area contributed by atoms with Gasteiger partial charge >= 0.3 is 5.97 Å². The largest absolute Gasteiger partial charge is 0.490 e. The Balaban J connectivity index is 2.36. The molecule has 5 nitrogen and oxygen atoms in total. The summed E-state index contributed by atoms with van der Waals surface area (Å²) >= 11 is 0. The van der Waals surface area contributed by atoms with Gasteiger partial charge in [0, 0.05) is 12.5 Å². The van der Waals surface area contributed by atoms with Gasteiger partial charge in [0.1, 0.15) is 0 Å². The maximum atomic E-state index is 10.8. The van der Waals surface area contributed by atoms with Crippen molar-refractivity contribution in [2.45, 2.75) is 32.2 Å². The first kappa shape index (κ1) is 13.7. The molecule has 0 bridgehead atoms. The lowest BCUT2D eigenvalue weighted by atomic mass is 9.96. The molecular formula is C14H19NO4. The van der Waals surface area contributed by atoms with Crippen LogP contribution in [0.15, 0.2) is 12.1 Å². The predicted molar refractivity (Wildman–Crippen MR) is 70.6 cm³/mol. The van der Waals surface area contributed by atoms with E-state index in [-0.39, 0.29) is 6.42 Å². The molecule has 0 fully saturated rings. The molecule has 0 aliphatic carbocycles. The highest BCUT2D eigenvalue weighted by Gasteiger charge is 2.19. The zero-order valence-corrected chi connectivity index (χ0v) is 11.0. The fraction of sp³-hybridized carbons (Fsp3) is 0.500. The standard InChI is InChI=1S/C14H19NO4/c1-2-9-6-12-13(19-5-3-4-18-12)7-10(9)11(15)8-14(16)17/h6-7,11H,2-5,8,15H2,1H3,(H,16,17). The maximum Gasteiger partial charge on any atom is 0.305 e. The van der Waals surface area contributed by atoms with Crippen LogP contribution in [0.5, 0.6) is 11.5 Å². The molecular weight excluding hydrogens is 246 g/mol. The Morgan fingerprint density at radius 2 is 2.00 bits per heavy atom. The summed E-state index contributed by atoms with van der Waals surface area (Å²) in [6.45, 7) is 3.25. The highest BCUT2D eigenvalue weighted by Crippen LogP contribution is 2.35. The van der Waals surface area contributed by atoms with Gasteiger partial charge in [-0.15, -0.1) is 0 Å². The lowest BCUT2D eigenvalue weighted by Crippen LogP contribution is -2.17. The molecule has 104 valence electrons. The van der Waals surface area contributed by atoms with Crippen LogP contribution < -0.4 is 15.2 Å². The van der Waals surface area contributed by atoms with E-state index in [1.165, 1.54) is 0 Å². The number of ether oxygens (including phenoxy) is 2. The second-order valence-electron chi connectivity index (χ2n) is 4.61. The van der Waals surface area contributed by atoms with Gasteiger partial charge in [-0.25, -0.2) is 0 Å². The molecule has 2 rings (SSSR count). The Kier molecular flexibility index (Phi) is 4.27. The van der Waals surface area contributed by atoms with Crippen LogP contribution in [-0.2, 0) is 11.2 Å². The molecule has 19 heavy (non-hydrogen) atoms. The van der Waals surface area contributed by atoms with Crippen LogP contribution in [0, 0.1) is 0 Å². The van der Waals surface area contributed by atoms with Gasteiger partial charge in [-0.2, -0.15) is 0 Å². The average Bonchev–Trinajstić information content (AvgIpc) is 2.60. The lowest BCUT2D eigenvalue weighted by Gasteiger charge is -2.17. The molecule has 0 amide bonds. The number of carboxylic acid groups (broad SMARTS) is 1. The van der Waals surface area contributed by atoms with Gasteiger partial charge < -0.3 is 20.3 Å². The van der Waals surface area contributed by atoms with E-state index in [1.54, 1.807) is 0 Å². The lowest BCUT2D eigenvalue weighted by molar-refractivity contribution is -0.137. The number of carbonyl (C=O) groups is 1. The van der Waals surface area contributed by atoms with Crippen LogP contribution in [0.2, 0.25) is 0 Å². The van der Waals surface area contributed by atoms with Gasteiger partial charge in [-0.1, -0.05) is 6.92 Å². The van der Waals surface area contributed by atoms with Crippen molar-refractivity contribution in [2.75, 3.05) is 13.2 Å². The van der Waals surface area contributed by atoms with Crippen molar-refractivity contribution in [1.82, 2.24) is 0 Å². The molecule has 0 saturated carbocycles. The molecule has 0 spiro atoms. The monoisotopic (exact) mass is 265 g/mol. The summed E-state index contributed by atoms with van der Waals surface area (Å²) in [7, 11) is 0. The Morgan fingerprint density at radius 1 is 1.37 bits per heavy atom. The number of rotatable bonds is 4. The number of hydrogen-bond acceptors (Lipinski definition) is 4. The highest BCUT2D eigenvalue weighted by molar-refractivity contribution is 5.68. The minimum absolute atomic E-state index is 0.0906. The third-order valence-corrected chi connectivity index (χ3v) is 3.18. The average molecular weight is 265 g/mol. The van der Waals surface area contributed by atoms with Crippen molar-refractivity contribution in [3.63, 3.8) is 0 Å². The number of aryl methyl sites for hydroxylation is 1. The smallest absolute Gasteiger partial charge is 0.305 e. The fourth-order valence-corrected chi connectivity index (χ4v) is 2.22. The number of fused-ring (bicyclic) bond motifs is 1. The molecule has 1 heterocycles. The minimum atomic E-state index is -0.901. The number of carboxylic acids is 1. The van der Waals surface area contributed by atoms with E-state index in [0.29, 0.717) is 19.0 Å². The molecule has 0 aromatic heterocycles. The fourth-order valence-electron chi connectivity index (χ4n) is 2.22. The molecule has 1 aromatic carbocycles. The summed E-state index contributed by atoms with van der Waals surface area (Å²) in [5, 5.41) is 8.86. The van der Waals surface area contributed by atoms with Gasteiger partial charge in [-0.3, -0.25) is 4.79 Å².